The smallest absolute Gasteiger partial charge is 0.255 e. The number of carbonyl (C=O) groups is 1. The number of amides is 1. The summed E-state index contributed by atoms with van der Waals surface area (Å²) < 4.78 is 5.98. The van der Waals surface area contributed by atoms with Gasteiger partial charge in [0.15, 0.2) is 0 Å². The summed E-state index contributed by atoms with van der Waals surface area (Å²) in [6.07, 6.45) is 0. The number of hydrogen-bond donors (Lipinski definition) is 1. The molecule has 3 aromatic rings. The molecule has 0 saturated carbocycles. The highest BCUT2D eigenvalue weighted by Gasteiger charge is 2.11. The van der Waals surface area contributed by atoms with Crippen LogP contribution < -0.4 is 5.32 Å². The first-order valence-corrected chi connectivity index (χ1v) is 7.80. The molecule has 0 aliphatic rings. The number of nitrogens with one attached hydrogen (secondary N) is 1. The second-order valence-electron chi connectivity index (χ2n) is 5.14. The number of aromatic nitrogens is 2. The third-order valence-corrected chi connectivity index (χ3v) is 4.22. The van der Waals surface area contributed by atoms with E-state index in [1.807, 2.05) is 31.2 Å². The van der Waals surface area contributed by atoms with Crippen molar-refractivity contribution in [2.45, 2.75) is 13.8 Å². The Kier molecular flexibility index (Phi) is 4.25. The van der Waals surface area contributed by atoms with Crippen molar-refractivity contribution in [2.75, 3.05) is 5.32 Å². The second kappa shape index (κ2) is 6.34. The fourth-order valence-corrected chi connectivity index (χ4v) is 2.39. The number of hydrogen-bond acceptors (Lipinski definition) is 4. The van der Waals surface area contributed by atoms with Crippen molar-refractivity contribution < 1.29 is 9.32 Å². The number of carbonyl (C=O) groups excluding carboxylic acids is 1. The number of aryl methyl sites for hydroxylation is 2. The zero-order chi connectivity index (χ0) is 16.4. The monoisotopic (exact) mass is 371 g/mol. The number of benzene rings is 2. The normalized spacial score (nSPS) is 10.6. The minimum Gasteiger partial charge on any atom is -0.339 e. The van der Waals surface area contributed by atoms with Crippen LogP contribution in [0.1, 0.15) is 21.8 Å². The molecule has 3 rings (SSSR count). The average molecular weight is 372 g/mol. The minimum atomic E-state index is -0.186. The summed E-state index contributed by atoms with van der Waals surface area (Å²) >= 11 is 3.44. The van der Waals surface area contributed by atoms with Crippen molar-refractivity contribution in [3.63, 3.8) is 0 Å². The highest BCUT2D eigenvalue weighted by atomic mass is 79.9. The summed E-state index contributed by atoms with van der Waals surface area (Å²) in [5.74, 6) is 0.769. The molecule has 1 amide bonds. The number of nitrogens with zero attached hydrogens (tertiary/aromatic N) is 2. The van der Waals surface area contributed by atoms with Crippen molar-refractivity contribution in [2.24, 2.45) is 0 Å². The lowest BCUT2D eigenvalue weighted by Crippen LogP contribution is -2.12. The molecule has 0 bridgehead atoms. The summed E-state index contributed by atoms with van der Waals surface area (Å²) in [6.45, 7) is 3.70. The zero-order valence-electron chi connectivity index (χ0n) is 12.6. The Bertz CT molecular complexity index is 874. The van der Waals surface area contributed by atoms with E-state index in [1.165, 1.54) is 0 Å². The van der Waals surface area contributed by atoms with E-state index in [-0.39, 0.29) is 5.91 Å². The van der Waals surface area contributed by atoms with E-state index in [1.54, 1.807) is 25.1 Å². The zero-order valence-corrected chi connectivity index (χ0v) is 14.2. The molecule has 0 aliphatic heterocycles. The predicted octanol–water partition coefficient (Wildman–Crippen LogP) is 4.37. The summed E-state index contributed by atoms with van der Waals surface area (Å²) in [4.78, 5) is 16.6. The Morgan fingerprint density at radius 2 is 2.00 bits per heavy atom. The lowest BCUT2D eigenvalue weighted by atomic mass is 10.1. The Morgan fingerprint density at radius 3 is 2.70 bits per heavy atom. The van der Waals surface area contributed by atoms with Gasteiger partial charge in [-0.1, -0.05) is 33.2 Å². The molecule has 5 nitrogen and oxygen atoms in total. The van der Waals surface area contributed by atoms with Gasteiger partial charge in [-0.3, -0.25) is 4.79 Å². The Hall–Kier alpha value is -2.47. The molecule has 0 saturated heterocycles. The highest BCUT2D eigenvalue weighted by Crippen LogP contribution is 2.21. The number of halogens is 1. The van der Waals surface area contributed by atoms with Crippen LogP contribution in [-0.2, 0) is 0 Å². The third-order valence-electron chi connectivity index (χ3n) is 3.33. The van der Waals surface area contributed by atoms with Gasteiger partial charge < -0.3 is 9.84 Å². The summed E-state index contributed by atoms with van der Waals surface area (Å²) in [7, 11) is 0. The molecular formula is C17H14BrN3O2. The van der Waals surface area contributed by atoms with Crippen LogP contribution in [0, 0.1) is 13.8 Å². The number of rotatable bonds is 3. The van der Waals surface area contributed by atoms with Crippen molar-refractivity contribution in [3.05, 3.63) is 64.0 Å². The van der Waals surface area contributed by atoms with Crippen LogP contribution in [0.15, 0.2) is 51.5 Å². The largest absolute Gasteiger partial charge is 0.339 e. The van der Waals surface area contributed by atoms with Gasteiger partial charge in [0.25, 0.3) is 5.91 Å². The van der Waals surface area contributed by atoms with E-state index in [0.717, 1.165) is 21.3 Å². The molecular weight excluding hydrogens is 358 g/mol. The van der Waals surface area contributed by atoms with Gasteiger partial charge in [-0.15, -0.1) is 0 Å². The molecule has 116 valence electrons. The summed E-state index contributed by atoms with van der Waals surface area (Å²) in [5.41, 5.74) is 3.07. The van der Waals surface area contributed by atoms with E-state index in [0.29, 0.717) is 17.3 Å². The van der Waals surface area contributed by atoms with Crippen LogP contribution in [0.3, 0.4) is 0 Å². The maximum atomic E-state index is 12.4. The van der Waals surface area contributed by atoms with E-state index < -0.39 is 0 Å². The summed E-state index contributed by atoms with van der Waals surface area (Å²) in [6, 6.07) is 12.8. The molecule has 1 N–H and O–H groups in total. The SMILES string of the molecule is Cc1nc(-c2cccc(C(=O)Nc3ccc(Br)c(C)c3)c2)no1. The van der Waals surface area contributed by atoms with Crippen LogP contribution in [-0.4, -0.2) is 16.0 Å². The average Bonchev–Trinajstić information content (AvgIpc) is 2.98. The predicted molar refractivity (Wildman–Crippen MR) is 91.3 cm³/mol. The van der Waals surface area contributed by atoms with Gasteiger partial charge in [0.2, 0.25) is 11.7 Å². The molecule has 1 heterocycles. The van der Waals surface area contributed by atoms with E-state index in [4.69, 9.17) is 4.52 Å². The molecule has 0 fully saturated rings. The van der Waals surface area contributed by atoms with E-state index in [2.05, 4.69) is 31.4 Å². The van der Waals surface area contributed by atoms with Crippen molar-refractivity contribution in [1.82, 2.24) is 10.1 Å². The Labute approximate surface area is 141 Å². The molecule has 23 heavy (non-hydrogen) atoms. The fourth-order valence-electron chi connectivity index (χ4n) is 2.14. The maximum Gasteiger partial charge on any atom is 0.255 e. The van der Waals surface area contributed by atoms with Crippen LogP contribution in [0.5, 0.6) is 0 Å². The maximum absolute atomic E-state index is 12.4. The molecule has 0 atom stereocenters. The van der Waals surface area contributed by atoms with Gasteiger partial charge in [-0.25, -0.2) is 0 Å². The van der Waals surface area contributed by atoms with Crippen LogP contribution in [0.25, 0.3) is 11.4 Å². The number of anilines is 1. The van der Waals surface area contributed by atoms with Crippen LogP contribution in [0.2, 0.25) is 0 Å². The quantitative estimate of drug-likeness (QED) is 0.742. The Morgan fingerprint density at radius 1 is 1.17 bits per heavy atom. The first kappa shape index (κ1) is 15.4. The molecule has 0 radical (unpaired) electrons. The van der Waals surface area contributed by atoms with Crippen molar-refractivity contribution >= 4 is 27.5 Å². The van der Waals surface area contributed by atoms with Crippen LogP contribution >= 0.6 is 15.9 Å². The van der Waals surface area contributed by atoms with Gasteiger partial charge in [-0.2, -0.15) is 4.98 Å². The molecule has 1 aromatic heterocycles. The van der Waals surface area contributed by atoms with E-state index in [9.17, 15) is 4.79 Å². The summed E-state index contributed by atoms with van der Waals surface area (Å²) in [5, 5.41) is 6.75. The fraction of sp³-hybridized carbons (Fsp3) is 0.118. The van der Waals surface area contributed by atoms with Gasteiger partial charge in [-0.05, 0) is 42.8 Å². The molecule has 0 spiro atoms. The first-order chi connectivity index (χ1) is 11.0. The molecule has 2 aromatic carbocycles. The van der Waals surface area contributed by atoms with Gasteiger partial charge in [0.05, 0.1) is 0 Å². The molecule has 0 aliphatic carbocycles. The highest BCUT2D eigenvalue weighted by molar-refractivity contribution is 9.10. The minimum absolute atomic E-state index is 0.186. The standard InChI is InChI=1S/C17H14BrN3O2/c1-10-8-14(6-7-15(10)18)20-17(22)13-5-3-4-12(9-13)16-19-11(2)23-21-16/h3-9H,1-2H3,(H,20,22). The van der Waals surface area contributed by atoms with Gasteiger partial charge in [0.1, 0.15) is 0 Å². The van der Waals surface area contributed by atoms with Gasteiger partial charge >= 0.3 is 0 Å². The van der Waals surface area contributed by atoms with E-state index >= 15 is 0 Å². The second-order valence-corrected chi connectivity index (χ2v) is 5.99. The first-order valence-electron chi connectivity index (χ1n) is 7.01. The topological polar surface area (TPSA) is 68.0 Å². The van der Waals surface area contributed by atoms with Crippen molar-refractivity contribution in [1.29, 1.82) is 0 Å². The van der Waals surface area contributed by atoms with Crippen LogP contribution in [0.4, 0.5) is 5.69 Å². The lowest BCUT2D eigenvalue weighted by Gasteiger charge is -2.07. The van der Waals surface area contributed by atoms with Crippen molar-refractivity contribution in [3.8, 4) is 11.4 Å². The third kappa shape index (κ3) is 3.48. The van der Waals surface area contributed by atoms with Gasteiger partial charge in [0, 0.05) is 28.2 Å². The molecule has 6 heteroatoms. The lowest BCUT2D eigenvalue weighted by molar-refractivity contribution is 0.102. The Balaban J connectivity index is 1.83. The molecule has 0 unspecified atom stereocenters.